The Hall–Kier alpha value is -1.65. The molecule has 0 radical (unpaired) electrons. The number of aromatic nitrogens is 2. The third-order valence-corrected chi connectivity index (χ3v) is 5.50. The summed E-state index contributed by atoms with van der Waals surface area (Å²) in [5.74, 6) is 0.269. The van der Waals surface area contributed by atoms with Crippen LogP contribution in [0.1, 0.15) is 55.5 Å². The first-order valence-electron chi connectivity index (χ1n) is 8.93. The molecule has 2 atom stereocenters. The molecule has 1 aromatic carbocycles. The summed E-state index contributed by atoms with van der Waals surface area (Å²) in [6, 6.07) is 10.9. The molecule has 0 amide bonds. The summed E-state index contributed by atoms with van der Waals surface area (Å²) in [4.78, 5) is 0. The van der Waals surface area contributed by atoms with Gasteiger partial charge >= 0.3 is 0 Å². The van der Waals surface area contributed by atoms with Gasteiger partial charge in [-0.3, -0.25) is 4.68 Å². The maximum atomic E-state index is 9.88. The number of benzene rings is 1. The zero-order valence-electron chi connectivity index (χ0n) is 15.0. The molecule has 130 valence electrons. The van der Waals surface area contributed by atoms with Gasteiger partial charge in [0, 0.05) is 43.4 Å². The number of aliphatic hydroxyl groups is 1. The number of nitrogens with one attached hydrogen (secondary N) is 1. The second-order valence-corrected chi connectivity index (χ2v) is 7.63. The molecule has 0 aliphatic heterocycles. The van der Waals surface area contributed by atoms with E-state index in [4.69, 9.17) is 0 Å². The molecule has 1 aromatic heterocycles. The van der Waals surface area contributed by atoms with E-state index in [0.717, 1.165) is 19.4 Å². The lowest BCUT2D eigenvalue weighted by molar-refractivity contribution is 0.127. The molecule has 0 saturated carbocycles. The van der Waals surface area contributed by atoms with E-state index in [1.165, 1.54) is 23.2 Å². The standard InChI is InChI=1S/C20H29N3O/c1-20(2,14-24)17(15-8-5-4-6-9-15)13-21-18-10-7-11-19-16(18)12-22-23(19)3/h4-6,8-9,12,17-18,21,24H,7,10-11,13-14H2,1-3H3/t17-,18+/m0/s1. The average Bonchev–Trinajstić information content (AvgIpc) is 2.98. The van der Waals surface area contributed by atoms with Crippen LogP contribution < -0.4 is 5.32 Å². The first-order valence-corrected chi connectivity index (χ1v) is 8.93. The van der Waals surface area contributed by atoms with Crippen molar-refractivity contribution in [1.29, 1.82) is 0 Å². The Morgan fingerprint density at radius 1 is 1.33 bits per heavy atom. The van der Waals surface area contributed by atoms with E-state index in [2.05, 4.69) is 48.5 Å². The van der Waals surface area contributed by atoms with E-state index in [-0.39, 0.29) is 17.9 Å². The molecule has 1 aliphatic carbocycles. The molecular formula is C20H29N3O. The zero-order valence-corrected chi connectivity index (χ0v) is 15.0. The van der Waals surface area contributed by atoms with Crippen LogP contribution in [-0.4, -0.2) is 28.0 Å². The highest BCUT2D eigenvalue weighted by Crippen LogP contribution is 2.36. The van der Waals surface area contributed by atoms with Crippen LogP contribution >= 0.6 is 0 Å². The Balaban J connectivity index is 1.77. The highest BCUT2D eigenvalue weighted by atomic mass is 16.3. The quantitative estimate of drug-likeness (QED) is 0.857. The summed E-state index contributed by atoms with van der Waals surface area (Å²) in [6.07, 6.45) is 5.48. The molecule has 0 bridgehead atoms. The van der Waals surface area contributed by atoms with Crippen molar-refractivity contribution in [2.75, 3.05) is 13.2 Å². The second kappa shape index (κ2) is 7.08. The van der Waals surface area contributed by atoms with E-state index in [0.29, 0.717) is 6.04 Å². The summed E-state index contributed by atoms with van der Waals surface area (Å²) < 4.78 is 2.01. The van der Waals surface area contributed by atoms with E-state index in [9.17, 15) is 5.11 Å². The zero-order chi connectivity index (χ0) is 17.2. The third kappa shape index (κ3) is 3.40. The van der Waals surface area contributed by atoms with Crippen LogP contribution in [0.3, 0.4) is 0 Å². The van der Waals surface area contributed by atoms with Crippen LogP contribution in [0.25, 0.3) is 0 Å². The van der Waals surface area contributed by atoms with Crippen molar-refractivity contribution in [2.45, 2.75) is 45.1 Å². The number of aliphatic hydroxyl groups excluding tert-OH is 1. The Morgan fingerprint density at radius 3 is 2.79 bits per heavy atom. The van der Waals surface area contributed by atoms with Gasteiger partial charge in [0.2, 0.25) is 0 Å². The predicted molar refractivity (Wildman–Crippen MR) is 96.9 cm³/mol. The SMILES string of the molecule is Cn1ncc2c1CCC[C@H]2NC[C@@H](c1ccccc1)C(C)(C)CO. The van der Waals surface area contributed by atoms with Gasteiger partial charge in [0.05, 0.1) is 6.20 Å². The number of rotatable bonds is 6. The molecule has 0 saturated heterocycles. The maximum absolute atomic E-state index is 9.88. The maximum Gasteiger partial charge on any atom is 0.0540 e. The minimum absolute atomic E-state index is 0.166. The molecule has 1 aliphatic rings. The number of nitrogens with zero attached hydrogens (tertiary/aromatic N) is 2. The van der Waals surface area contributed by atoms with Gasteiger partial charge in [0.1, 0.15) is 0 Å². The fourth-order valence-electron chi connectivity index (χ4n) is 3.82. The number of hydrogen-bond donors (Lipinski definition) is 2. The van der Waals surface area contributed by atoms with Gasteiger partial charge in [-0.2, -0.15) is 5.10 Å². The van der Waals surface area contributed by atoms with E-state index >= 15 is 0 Å². The monoisotopic (exact) mass is 327 g/mol. The molecule has 24 heavy (non-hydrogen) atoms. The summed E-state index contributed by atoms with van der Waals surface area (Å²) in [6.45, 7) is 5.32. The molecule has 0 unspecified atom stereocenters. The van der Waals surface area contributed by atoms with Crippen molar-refractivity contribution in [3.63, 3.8) is 0 Å². The van der Waals surface area contributed by atoms with Crippen molar-refractivity contribution in [3.8, 4) is 0 Å². The molecule has 3 rings (SSSR count). The minimum Gasteiger partial charge on any atom is -0.396 e. The minimum atomic E-state index is -0.166. The summed E-state index contributed by atoms with van der Waals surface area (Å²) in [7, 11) is 2.03. The van der Waals surface area contributed by atoms with Gasteiger partial charge in [-0.05, 0) is 30.2 Å². The largest absolute Gasteiger partial charge is 0.396 e. The van der Waals surface area contributed by atoms with E-state index in [1.807, 2.05) is 24.0 Å². The van der Waals surface area contributed by atoms with Crippen molar-refractivity contribution in [3.05, 3.63) is 53.3 Å². The molecule has 0 spiro atoms. The van der Waals surface area contributed by atoms with Gasteiger partial charge in [0.15, 0.2) is 0 Å². The van der Waals surface area contributed by atoms with Gasteiger partial charge in [-0.1, -0.05) is 44.2 Å². The first kappa shape index (κ1) is 17.2. The van der Waals surface area contributed by atoms with Crippen molar-refractivity contribution in [2.24, 2.45) is 12.5 Å². The molecule has 2 aromatic rings. The van der Waals surface area contributed by atoms with Gasteiger partial charge < -0.3 is 10.4 Å². The van der Waals surface area contributed by atoms with Crippen LogP contribution in [0.2, 0.25) is 0 Å². The highest BCUT2D eigenvalue weighted by Gasteiger charge is 2.31. The van der Waals surface area contributed by atoms with Crippen LogP contribution in [0.4, 0.5) is 0 Å². The molecule has 0 fully saturated rings. The summed E-state index contributed by atoms with van der Waals surface area (Å²) >= 11 is 0. The Kier molecular flexibility index (Phi) is 5.07. The number of aryl methyl sites for hydroxylation is 1. The third-order valence-electron chi connectivity index (χ3n) is 5.50. The van der Waals surface area contributed by atoms with Crippen LogP contribution in [0, 0.1) is 5.41 Å². The van der Waals surface area contributed by atoms with Crippen LogP contribution in [-0.2, 0) is 13.5 Å². The number of fused-ring (bicyclic) bond motifs is 1. The summed E-state index contributed by atoms with van der Waals surface area (Å²) in [5.41, 5.74) is 3.82. The lowest BCUT2D eigenvalue weighted by Gasteiger charge is -2.35. The van der Waals surface area contributed by atoms with E-state index in [1.54, 1.807) is 0 Å². The topological polar surface area (TPSA) is 50.1 Å². The van der Waals surface area contributed by atoms with Crippen molar-refractivity contribution in [1.82, 2.24) is 15.1 Å². The Bertz CT molecular complexity index is 663. The molecule has 4 heteroatoms. The first-order chi connectivity index (χ1) is 11.5. The number of hydrogen-bond acceptors (Lipinski definition) is 3. The van der Waals surface area contributed by atoms with E-state index < -0.39 is 0 Å². The predicted octanol–water partition coefficient (Wildman–Crippen LogP) is 3.19. The lowest BCUT2D eigenvalue weighted by Crippen LogP contribution is -2.36. The van der Waals surface area contributed by atoms with Gasteiger partial charge in [0.25, 0.3) is 0 Å². The van der Waals surface area contributed by atoms with Crippen molar-refractivity contribution >= 4 is 0 Å². The molecule has 1 heterocycles. The summed E-state index contributed by atoms with van der Waals surface area (Å²) in [5, 5.41) is 18.1. The van der Waals surface area contributed by atoms with Crippen LogP contribution in [0.15, 0.2) is 36.5 Å². The smallest absolute Gasteiger partial charge is 0.0540 e. The Labute approximate surface area is 144 Å². The molecule has 4 nitrogen and oxygen atoms in total. The highest BCUT2D eigenvalue weighted by molar-refractivity contribution is 5.26. The van der Waals surface area contributed by atoms with Crippen LogP contribution in [0.5, 0.6) is 0 Å². The van der Waals surface area contributed by atoms with Gasteiger partial charge in [-0.15, -0.1) is 0 Å². The second-order valence-electron chi connectivity index (χ2n) is 7.63. The molecular weight excluding hydrogens is 298 g/mol. The Morgan fingerprint density at radius 2 is 2.08 bits per heavy atom. The van der Waals surface area contributed by atoms with Gasteiger partial charge in [-0.25, -0.2) is 0 Å². The van der Waals surface area contributed by atoms with Crippen molar-refractivity contribution < 1.29 is 5.11 Å². The molecule has 2 N–H and O–H groups in total. The fraction of sp³-hybridized carbons (Fsp3) is 0.550. The lowest BCUT2D eigenvalue weighted by atomic mass is 9.75. The average molecular weight is 327 g/mol. The fourth-order valence-corrected chi connectivity index (χ4v) is 3.82. The normalized spacial score (nSPS) is 19.1.